The highest BCUT2D eigenvalue weighted by molar-refractivity contribution is 9.10. The summed E-state index contributed by atoms with van der Waals surface area (Å²) in [6, 6.07) is 5.67. The molecule has 1 fully saturated rings. The number of hydrogen-bond donors (Lipinski definition) is 1. The highest BCUT2D eigenvalue weighted by atomic mass is 79.9. The van der Waals surface area contributed by atoms with Crippen LogP contribution in [0.5, 0.6) is 0 Å². The minimum absolute atomic E-state index is 0.488. The third-order valence-electron chi connectivity index (χ3n) is 2.76. The van der Waals surface area contributed by atoms with Crippen LogP contribution in [0.2, 0.25) is 0 Å². The molecule has 4 nitrogen and oxygen atoms in total. The van der Waals surface area contributed by atoms with Gasteiger partial charge in [-0.1, -0.05) is 6.07 Å². The molecule has 2 N–H and O–H groups in total. The fourth-order valence-corrected chi connectivity index (χ4v) is 2.22. The van der Waals surface area contributed by atoms with Gasteiger partial charge in [-0.3, -0.25) is 4.98 Å². The first-order valence-corrected chi connectivity index (χ1v) is 6.29. The van der Waals surface area contributed by atoms with E-state index >= 15 is 0 Å². The number of pyridine rings is 1. The topological polar surface area (TPSA) is 64.7 Å². The van der Waals surface area contributed by atoms with Crippen LogP contribution < -0.4 is 5.73 Å². The smallest absolute Gasteiger partial charge is 0.180 e. The van der Waals surface area contributed by atoms with E-state index < -0.39 is 0 Å². The van der Waals surface area contributed by atoms with Crippen molar-refractivity contribution in [3.05, 3.63) is 34.6 Å². The Morgan fingerprint density at radius 2 is 2.06 bits per heavy atom. The van der Waals surface area contributed by atoms with Gasteiger partial charge in [-0.25, -0.2) is 9.97 Å². The van der Waals surface area contributed by atoms with E-state index in [4.69, 9.17) is 5.73 Å². The molecule has 2 heterocycles. The van der Waals surface area contributed by atoms with Gasteiger partial charge >= 0.3 is 0 Å². The van der Waals surface area contributed by atoms with Gasteiger partial charge in [-0.05, 0) is 40.9 Å². The summed E-state index contributed by atoms with van der Waals surface area (Å²) in [5.74, 6) is 1.62. The Morgan fingerprint density at radius 3 is 2.71 bits per heavy atom. The second-order valence-electron chi connectivity index (χ2n) is 4.12. The predicted molar refractivity (Wildman–Crippen MR) is 69.4 cm³/mol. The molecule has 0 bridgehead atoms. The van der Waals surface area contributed by atoms with E-state index in [-0.39, 0.29) is 0 Å². The summed E-state index contributed by atoms with van der Waals surface area (Å²) in [5, 5.41) is 0. The maximum absolute atomic E-state index is 5.90. The molecule has 0 saturated heterocycles. The third-order valence-corrected chi connectivity index (χ3v) is 3.57. The summed E-state index contributed by atoms with van der Waals surface area (Å²) >= 11 is 3.46. The zero-order chi connectivity index (χ0) is 11.8. The van der Waals surface area contributed by atoms with Gasteiger partial charge in [0.05, 0.1) is 10.2 Å². The lowest BCUT2D eigenvalue weighted by molar-refractivity contribution is 0.978. The normalized spacial score (nSPS) is 14.9. The van der Waals surface area contributed by atoms with Crippen molar-refractivity contribution >= 4 is 21.7 Å². The molecule has 0 radical (unpaired) electrons. The van der Waals surface area contributed by atoms with E-state index in [9.17, 15) is 0 Å². The molecule has 0 aromatic carbocycles. The fourth-order valence-electron chi connectivity index (χ4n) is 1.72. The average molecular weight is 291 g/mol. The molecule has 0 aliphatic heterocycles. The first-order valence-electron chi connectivity index (χ1n) is 5.50. The quantitative estimate of drug-likeness (QED) is 0.924. The second-order valence-corrected chi connectivity index (χ2v) is 4.91. The van der Waals surface area contributed by atoms with Gasteiger partial charge in [0.25, 0.3) is 0 Å². The first-order chi connectivity index (χ1) is 8.25. The molecule has 0 unspecified atom stereocenters. The van der Waals surface area contributed by atoms with Crippen LogP contribution in [0.3, 0.4) is 0 Å². The van der Waals surface area contributed by atoms with Crippen LogP contribution in [0.25, 0.3) is 11.5 Å². The summed E-state index contributed by atoms with van der Waals surface area (Å²) in [6.07, 6.45) is 4.08. The van der Waals surface area contributed by atoms with Gasteiger partial charge in [0.2, 0.25) is 0 Å². The SMILES string of the molecule is Nc1nc(-c2ccccn2)nc(C2CC2)c1Br. The van der Waals surface area contributed by atoms with E-state index in [2.05, 4.69) is 30.9 Å². The highest BCUT2D eigenvalue weighted by Gasteiger charge is 2.29. The largest absolute Gasteiger partial charge is 0.383 e. The number of halogens is 1. The van der Waals surface area contributed by atoms with Crippen molar-refractivity contribution < 1.29 is 0 Å². The van der Waals surface area contributed by atoms with E-state index in [0.717, 1.165) is 15.9 Å². The van der Waals surface area contributed by atoms with Gasteiger partial charge in [0.1, 0.15) is 11.5 Å². The van der Waals surface area contributed by atoms with Crippen LogP contribution in [0.1, 0.15) is 24.5 Å². The molecule has 2 aromatic heterocycles. The summed E-state index contributed by atoms with van der Waals surface area (Å²) in [6.45, 7) is 0. The monoisotopic (exact) mass is 290 g/mol. The zero-order valence-electron chi connectivity index (χ0n) is 9.10. The number of nitrogens with zero attached hydrogens (tertiary/aromatic N) is 3. The summed E-state index contributed by atoms with van der Waals surface area (Å²) < 4.78 is 0.833. The molecule has 2 aromatic rings. The average Bonchev–Trinajstić information content (AvgIpc) is 3.18. The molecule has 86 valence electrons. The lowest BCUT2D eigenvalue weighted by Gasteiger charge is -2.07. The first kappa shape index (κ1) is 10.7. The van der Waals surface area contributed by atoms with Crippen molar-refractivity contribution in [1.82, 2.24) is 15.0 Å². The minimum atomic E-state index is 0.488. The Balaban J connectivity index is 2.12. The number of aromatic nitrogens is 3. The van der Waals surface area contributed by atoms with Crippen LogP contribution in [-0.4, -0.2) is 15.0 Å². The molecule has 1 saturated carbocycles. The lowest BCUT2D eigenvalue weighted by atomic mass is 10.2. The van der Waals surface area contributed by atoms with Crippen molar-refractivity contribution in [2.75, 3.05) is 5.73 Å². The highest BCUT2D eigenvalue weighted by Crippen LogP contribution is 2.43. The molecular formula is C12H11BrN4. The van der Waals surface area contributed by atoms with Crippen LogP contribution in [0, 0.1) is 0 Å². The van der Waals surface area contributed by atoms with E-state index in [0.29, 0.717) is 17.6 Å². The van der Waals surface area contributed by atoms with Gasteiger partial charge in [-0.2, -0.15) is 0 Å². The third kappa shape index (κ3) is 2.02. The van der Waals surface area contributed by atoms with E-state index in [1.54, 1.807) is 6.20 Å². The van der Waals surface area contributed by atoms with Crippen LogP contribution in [-0.2, 0) is 0 Å². The Labute approximate surface area is 107 Å². The molecule has 1 aliphatic carbocycles. The second kappa shape index (κ2) is 4.07. The predicted octanol–water partition coefficient (Wildman–Crippen LogP) is 2.76. The Kier molecular flexibility index (Phi) is 2.55. The molecule has 3 rings (SSSR count). The number of nitrogen functional groups attached to an aromatic ring is 1. The van der Waals surface area contributed by atoms with Gasteiger partial charge in [0, 0.05) is 12.1 Å². The molecule has 17 heavy (non-hydrogen) atoms. The standard InChI is InChI=1S/C12H11BrN4/c13-9-10(7-4-5-7)16-12(17-11(9)14)8-3-1-2-6-15-8/h1-3,6-7H,4-5H2,(H2,14,16,17). The molecule has 5 heteroatoms. The zero-order valence-corrected chi connectivity index (χ0v) is 10.7. The van der Waals surface area contributed by atoms with Gasteiger partial charge in [-0.15, -0.1) is 0 Å². The molecule has 0 spiro atoms. The minimum Gasteiger partial charge on any atom is -0.383 e. The summed E-state index contributed by atoms with van der Waals surface area (Å²) in [4.78, 5) is 13.1. The number of nitrogens with two attached hydrogens (primary N) is 1. The number of hydrogen-bond acceptors (Lipinski definition) is 4. The maximum atomic E-state index is 5.90. The summed E-state index contributed by atoms with van der Waals surface area (Å²) in [5.41, 5.74) is 7.67. The summed E-state index contributed by atoms with van der Waals surface area (Å²) in [7, 11) is 0. The fraction of sp³-hybridized carbons (Fsp3) is 0.250. The van der Waals surface area contributed by atoms with Gasteiger partial charge < -0.3 is 5.73 Å². The molecule has 1 aliphatic rings. The Hall–Kier alpha value is -1.49. The van der Waals surface area contributed by atoms with Crippen molar-refractivity contribution in [1.29, 1.82) is 0 Å². The lowest BCUT2D eigenvalue weighted by Crippen LogP contribution is -2.02. The van der Waals surface area contributed by atoms with Crippen molar-refractivity contribution in [2.45, 2.75) is 18.8 Å². The van der Waals surface area contributed by atoms with Crippen LogP contribution in [0.15, 0.2) is 28.9 Å². The van der Waals surface area contributed by atoms with E-state index in [1.165, 1.54) is 12.8 Å². The van der Waals surface area contributed by atoms with Crippen molar-refractivity contribution in [2.24, 2.45) is 0 Å². The van der Waals surface area contributed by atoms with Gasteiger partial charge in [0.15, 0.2) is 5.82 Å². The Bertz CT molecular complexity index is 552. The maximum Gasteiger partial charge on any atom is 0.180 e. The van der Waals surface area contributed by atoms with Crippen molar-refractivity contribution in [3.8, 4) is 11.5 Å². The molecule has 0 amide bonds. The van der Waals surface area contributed by atoms with Crippen molar-refractivity contribution in [3.63, 3.8) is 0 Å². The molecular weight excluding hydrogens is 280 g/mol. The van der Waals surface area contributed by atoms with Crippen LogP contribution >= 0.6 is 15.9 Å². The van der Waals surface area contributed by atoms with Crippen LogP contribution in [0.4, 0.5) is 5.82 Å². The number of anilines is 1. The van der Waals surface area contributed by atoms with E-state index in [1.807, 2.05) is 18.2 Å². The molecule has 0 atom stereocenters. The number of rotatable bonds is 2. The Morgan fingerprint density at radius 1 is 1.24 bits per heavy atom.